The molecule has 2 rings (SSSR count). The summed E-state index contributed by atoms with van der Waals surface area (Å²) in [5.41, 5.74) is 0.783. The Morgan fingerprint density at radius 3 is 2.57 bits per heavy atom. The molecule has 0 spiro atoms. The molecule has 0 fully saturated rings. The first kappa shape index (κ1) is 15.2. The molecule has 108 valence electrons. The maximum absolute atomic E-state index is 12.0. The molecular formula is C13H9Cl2N3O3. The maximum Gasteiger partial charge on any atom is 0.309 e. The van der Waals surface area contributed by atoms with E-state index in [1.807, 2.05) is 0 Å². The van der Waals surface area contributed by atoms with Gasteiger partial charge in [-0.3, -0.25) is 14.6 Å². The van der Waals surface area contributed by atoms with Crippen molar-refractivity contribution in [3.05, 3.63) is 52.0 Å². The van der Waals surface area contributed by atoms with Crippen LogP contribution in [0.25, 0.3) is 0 Å². The van der Waals surface area contributed by atoms with E-state index < -0.39 is 11.9 Å². The lowest BCUT2D eigenvalue weighted by Crippen LogP contribution is -2.14. The van der Waals surface area contributed by atoms with Gasteiger partial charge in [-0.05, 0) is 24.3 Å². The molecular weight excluding hydrogens is 317 g/mol. The fourth-order valence-electron chi connectivity index (χ4n) is 1.53. The molecule has 0 atom stereocenters. The summed E-state index contributed by atoms with van der Waals surface area (Å²) in [4.78, 5) is 30.3. The van der Waals surface area contributed by atoms with Gasteiger partial charge in [0.1, 0.15) is 10.8 Å². The molecule has 1 amide bonds. The fraction of sp³-hybridized carbons (Fsp3) is 0.0769. The van der Waals surface area contributed by atoms with Gasteiger partial charge in [0.25, 0.3) is 5.91 Å². The van der Waals surface area contributed by atoms with E-state index in [2.05, 4.69) is 15.3 Å². The van der Waals surface area contributed by atoms with Gasteiger partial charge in [-0.25, -0.2) is 4.98 Å². The van der Waals surface area contributed by atoms with Gasteiger partial charge in [-0.15, -0.1) is 0 Å². The number of carbonyl (C=O) groups excluding carboxylic acids is 1. The third-order valence-electron chi connectivity index (χ3n) is 2.44. The Labute approximate surface area is 129 Å². The number of halogens is 2. The summed E-state index contributed by atoms with van der Waals surface area (Å²) in [5.74, 6) is -1.51. The summed E-state index contributed by atoms with van der Waals surface area (Å²) in [6.07, 6.45) is 1.17. The molecule has 6 nitrogen and oxygen atoms in total. The molecule has 0 aromatic carbocycles. The number of aliphatic carboxylic acids is 1. The number of rotatable bonds is 4. The largest absolute Gasteiger partial charge is 0.481 e. The van der Waals surface area contributed by atoms with E-state index in [1.54, 1.807) is 6.07 Å². The number of carboxylic acid groups (broad SMARTS) is 1. The molecule has 2 aromatic rings. The number of nitrogens with zero attached hydrogens (tertiary/aromatic N) is 2. The second-order valence-electron chi connectivity index (χ2n) is 4.03. The minimum atomic E-state index is -0.978. The molecule has 0 aliphatic heterocycles. The van der Waals surface area contributed by atoms with E-state index in [0.29, 0.717) is 11.4 Å². The van der Waals surface area contributed by atoms with Crippen molar-refractivity contribution < 1.29 is 14.7 Å². The average Bonchev–Trinajstić information content (AvgIpc) is 2.43. The molecule has 2 aromatic heterocycles. The zero-order valence-corrected chi connectivity index (χ0v) is 12.0. The lowest BCUT2D eigenvalue weighted by molar-refractivity contribution is -0.136. The summed E-state index contributed by atoms with van der Waals surface area (Å²) in [5, 5.41) is 11.5. The van der Waals surface area contributed by atoms with Crippen molar-refractivity contribution >= 4 is 40.8 Å². The molecule has 0 saturated carbocycles. The minimum Gasteiger partial charge on any atom is -0.481 e. The summed E-state index contributed by atoms with van der Waals surface area (Å²) in [6.45, 7) is 0. The number of nitrogens with one attached hydrogen (secondary N) is 1. The third kappa shape index (κ3) is 4.14. The highest BCUT2D eigenvalue weighted by Crippen LogP contribution is 2.18. The fourth-order valence-corrected chi connectivity index (χ4v) is 1.86. The van der Waals surface area contributed by atoms with Gasteiger partial charge < -0.3 is 10.4 Å². The average molecular weight is 326 g/mol. The topological polar surface area (TPSA) is 92.2 Å². The summed E-state index contributed by atoms with van der Waals surface area (Å²) in [6, 6.07) is 6.00. The Bertz CT molecular complexity index is 690. The van der Waals surface area contributed by atoms with Gasteiger partial charge in [-0.2, -0.15) is 0 Å². The van der Waals surface area contributed by atoms with Crippen LogP contribution in [0.1, 0.15) is 16.2 Å². The van der Waals surface area contributed by atoms with Crippen LogP contribution in [0.15, 0.2) is 30.5 Å². The van der Waals surface area contributed by atoms with E-state index in [-0.39, 0.29) is 22.3 Å². The number of carbonyl (C=O) groups is 2. The smallest absolute Gasteiger partial charge is 0.309 e. The first-order valence-corrected chi connectivity index (χ1v) is 6.51. The third-order valence-corrected chi connectivity index (χ3v) is 2.96. The van der Waals surface area contributed by atoms with Crippen molar-refractivity contribution in [2.45, 2.75) is 6.42 Å². The van der Waals surface area contributed by atoms with Crippen LogP contribution in [-0.2, 0) is 11.2 Å². The summed E-state index contributed by atoms with van der Waals surface area (Å²) < 4.78 is 0. The SMILES string of the molecule is O=C(O)Cc1ccc(NC(=O)c2nc(Cl)ccc2Cl)cn1. The van der Waals surface area contributed by atoms with Crippen LogP contribution < -0.4 is 5.32 Å². The number of carboxylic acids is 1. The van der Waals surface area contributed by atoms with Crippen LogP contribution in [0.4, 0.5) is 5.69 Å². The normalized spacial score (nSPS) is 10.2. The van der Waals surface area contributed by atoms with E-state index in [9.17, 15) is 9.59 Å². The van der Waals surface area contributed by atoms with Gasteiger partial charge in [-0.1, -0.05) is 23.2 Å². The second-order valence-corrected chi connectivity index (χ2v) is 4.82. The second kappa shape index (κ2) is 6.51. The summed E-state index contributed by atoms with van der Waals surface area (Å²) >= 11 is 11.6. The Kier molecular flexibility index (Phi) is 4.72. The van der Waals surface area contributed by atoms with Gasteiger partial charge in [0.2, 0.25) is 0 Å². The molecule has 0 bridgehead atoms. The van der Waals surface area contributed by atoms with Crippen molar-refractivity contribution in [2.75, 3.05) is 5.32 Å². The summed E-state index contributed by atoms with van der Waals surface area (Å²) in [7, 11) is 0. The molecule has 2 N–H and O–H groups in total. The predicted octanol–water partition coefficient (Wildman–Crippen LogP) is 2.66. The highest BCUT2D eigenvalue weighted by Gasteiger charge is 2.13. The monoisotopic (exact) mass is 325 g/mol. The Morgan fingerprint density at radius 2 is 1.95 bits per heavy atom. The predicted molar refractivity (Wildman–Crippen MR) is 77.8 cm³/mol. The molecule has 0 aliphatic rings. The van der Waals surface area contributed by atoms with E-state index >= 15 is 0 Å². The Morgan fingerprint density at radius 1 is 1.19 bits per heavy atom. The first-order valence-electron chi connectivity index (χ1n) is 5.76. The van der Waals surface area contributed by atoms with E-state index in [1.165, 1.54) is 24.4 Å². The molecule has 2 heterocycles. The lowest BCUT2D eigenvalue weighted by atomic mass is 10.2. The number of aromatic nitrogens is 2. The first-order chi connectivity index (χ1) is 9.95. The molecule has 8 heteroatoms. The van der Waals surface area contributed by atoms with Crippen LogP contribution in [0.5, 0.6) is 0 Å². The Hall–Kier alpha value is -2.18. The van der Waals surface area contributed by atoms with Crippen molar-refractivity contribution in [1.29, 1.82) is 0 Å². The van der Waals surface area contributed by atoms with Crippen LogP contribution in [0.2, 0.25) is 10.2 Å². The standard InChI is InChI=1S/C13H9Cl2N3O3/c14-9-3-4-10(15)18-12(9)13(21)17-8-2-1-7(16-6-8)5-11(19)20/h1-4,6H,5H2,(H,17,21)(H,19,20). The highest BCUT2D eigenvalue weighted by atomic mass is 35.5. The van der Waals surface area contributed by atoms with E-state index in [0.717, 1.165) is 0 Å². The quantitative estimate of drug-likeness (QED) is 0.843. The van der Waals surface area contributed by atoms with Crippen LogP contribution in [0.3, 0.4) is 0 Å². The van der Waals surface area contributed by atoms with Gasteiger partial charge in [0, 0.05) is 0 Å². The number of hydrogen-bond donors (Lipinski definition) is 2. The maximum atomic E-state index is 12.0. The van der Waals surface area contributed by atoms with Crippen LogP contribution in [0, 0.1) is 0 Å². The van der Waals surface area contributed by atoms with Crippen molar-refractivity contribution in [3.8, 4) is 0 Å². The zero-order valence-electron chi connectivity index (χ0n) is 10.5. The molecule has 21 heavy (non-hydrogen) atoms. The number of pyridine rings is 2. The van der Waals surface area contributed by atoms with Gasteiger partial charge >= 0.3 is 5.97 Å². The molecule has 0 aliphatic carbocycles. The Balaban J connectivity index is 2.12. The number of amides is 1. The van der Waals surface area contributed by atoms with Crippen molar-refractivity contribution in [3.63, 3.8) is 0 Å². The van der Waals surface area contributed by atoms with E-state index in [4.69, 9.17) is 28.3 Å². The highest BCUT2D eigenvalue weighted by molar-refractivity contribution is 6.35. The molecule has 0 saturated heterocycles. The van der Waals surface area contributed by atoms with Crippen LogP contribution in [-0.4, -0.2) is 27.0 Å². The van der Waals surface area contributed by atoms with Gasteiger partial charge in [0.05, 0.1) is 29.0 Å². The minimum absolute atomic E-state index is 0.00113. The van der Waals surface area contributed by atoms with Gasteiger partial charge in [0.15, 0.2) is 0 Å². The number of anilines is 1. The van der Waals surface area contributed by atoms with Crippen LogP contribution >= 0.6 is 23.2 Å². The number of hydrogen-bond acceptors (Lipinski definition) is 4. The zero-order chi connectivity index (χ0) is 15.4. The molecule has 0 radical (unpaired) electrons. The van der Waals surface area contributed by atoms with Crippen molar-refractivity contribution in [1.82, 2.24) is 9.97 Å². The molecule has 0 unspecified atom stereocenters. The lowest BCUT2D eigenvalue weighted by Gasteiger charge is -2.06. The van der Waals surface area contributed by atoms with Crippen molar-refractivity contribution in [2.24, 2.45) is 0 Å².